The molecule has 0 aromatic heterocycles. The highest BCUT2D eigenvalue weighted by Crippen LogP contribution is 2.30. The second kappa shape index (κ2) is 9.27. The van der Waals surface area contributed by atoms with Crippen LogP contribution in [-0.2, 0) is 17.9 Å². The monoisotopic (exact) mass is 400 g/mol. The first-order valence-electron chi connectivity index (χ1n) is 10.1. The van der Waals surface area contributed by atoms with Crippen molar-refractivity contribution in [3.63, 3.8) is 0 Å². The number of hydrogen-bond acceptors (Lipinski definition) is 3. The van der Waals surface area contributed by atoms with Crippen LogP contribution in [0.1, 0.15) is 34.3 Å². The molecule has 2 N–H and O–H groups in total. The fourth-order valence-electron chi connectivity index (χ4n) is 3.12. The third kappa shape index (κ3) is 5.26. The van der Waals surface area contributed by atoms with Gasteiger partial charge in [0.25, 0.3) is 5.91 Å². The zero-order valence-electron chi connectivity index (χ0n) is 16.6. The molecule has 1 fully saturated rings. The number of anilines is 1. The molecule has 3 aromatic rings. The predicted molar refractivity (Wildman–Crippen MR) is 116 cm³/mol. The van der Waals surface area contributed by atoms with Crippen molar-refractivity contribution in [2.75, 3.05) is 5.32 Å². The SMILES string of the molecule is O=C(NCc1ccc(NC(=O)C2CC2)cc1)c1ccccc1COc1ccccc1. The Morgan fingerprint density at radius 3 is 2.30 bits per heavy atom. The second-order valence-electron chi connectivity index (χ2n) is 7.40. The molecule has 4 rings (SSSR count). The molecule has 0 bridgehead atoms. The van der Waals surface area contributed by atoms with Gasteiger partial charge in [-0.3, -0.25) is 9.59 Å². The first-order chi connectivity index (χ1) is 14.7. The maximum absolute atomic E-state index is 12.7. The zero-order chi connectivity index (χ0) is 20.8. The molecule has 0 saturated heterocycles. The summed E-state index contributed by atoms with van der Waals surface area (Å²) in [6, 6.07) is 24.5. The van der Waals surface area contributed by atoms with Crippen LogP contribution >= 0.6 is 0 Å². The number of hydrogen-bond donors (Lipinski definition) is 2. The van der Waals surface area contributed by atoms with Crippen molar-refractivity contribution in [3.8, 4) is 5.75 Å². The third-order valence-corrected chi connectivity index (χ3v) is 5.02. The lowest BCUT2D eigenvalue weighted by Gasteiger charge is -2.12. The highest BCUT2D eigenvalue weighted by Gasteiger charge is 2.29. The Bertz CT molecular complexity index is 1010. The average molecular weight is 400 g/mol. The summed E-state index contributed by atoms with van der Waals surface area (Å²) in [5.41, 5.74) is 3.18. The van der Waals surface area contributed by atoms with E-state index in [9.17, 15) is 9.59 Å². The molecule has 30 heavy (non-hydrogen) atoms. The summed E-state index contributed by atoms with van der Waals surface area (Å²) >= 11 is 0. The molecule has 1 aliphatic rings. The molecule has 0 aliphatic heterocycles. The summed E-state index contributed by atoms with van der Waals surface area (Å²) in [6.07, 6.45) is 1.96. The summed E-state index contributed by atoms with van der Waals surface area (Å²) in [5.74, 6) is 0.884. The lowest BCUT2D eigenvalue weighted by molar-refractivity contribution is -0.117. The minimum atomic E-state index is -0.145. The molecule has 5 heteroatoms. The fourth-order valence-corrected chi connectivity index (χ4v) is 3.12. The molecule has 2 amide bonds. The normalized spacial score (nSPS) is 12.8. The molecule has 3 aromatic carbocycles. The second-order valence-corrected chi connectivity index (χ2v) is 7.40. The average Bonchev–Trinajstić information content (AvgIpc) is 3.64. The van der Waals surface area contributed by atoms with Crippen LogP contribution in [0, 0.1) is 5.92 Å². The summed E-state index contributed by atoms with van der Waals surface area (Å²) in [4.78, 5) is 24.5. The minimum absolute atomic E-state index is 0.0883. The number of benzene rings is 3. The van der Waals surface area contributed by atoms with E-state index in [4.69, 9.17) is 4.74 Å². The first-order valence-corrected chi connectivity index (χ1v) is 10.1. The highest BCUT2D eigenvalue weighted by atomic mass is 16.5. The topological polar surface area (TPSA) is 67.4 Å². The van der Waals surface area contributed by atoms with Crippen LogP contribution in [0.3, 0.4) is 0 Å². The van der Waals surface area contributed by atoms with E-state index in [0.717, 1.165) is 35.4 Å². The van der Waals surface area contributed by atoms with Gasteiger partial charge in [-0.1, -0.05) is 48.5 Å². The van der Waals surface area contributed by atoms with Crippen molar-refractivity contribution in [2.24, 2.45) is 5.92 Å². The van der Waals surface area contributed by atoms with Gasteiger partial charge in [0, 0.05) is 29.3 Å². The van der Waals surface area contributed by atoms with Gasteiger partial charge < -0.3 is 15.4 Å². The van der Waals surface area contributed by atoms with Gasteiger partial charge in [-0.2, -0.15) is 0 Å². The van der Waals surface area contributed by atoms with Gasteiger partial charge in [0.2, 0.25) is 5.91 Å². The standard InChI is InChI=1S/C25H24N2O3/c28-24(19-12-13-19)27-21-14-10-18(11-15-21)16-26-25(29)23-9-5-4-6-20(23)17-30-22-7-2-1-3-8-22/h1-11,14-15,19H,12-13,16-17H2,(H,26,29)(H,27,28). The Hall–Kier alpha value is -3.60. The maximum Gasteiger partial charge on any atom is 0.251 e. The molecular formula is C25H24N2O3. The van der Waals surface area contributed by atoms with E-state index in [1.807, 2.05) is 72.8 Å². The van der Waals surface area contributed by atoms with Gasteiger partial charge in [-0.15, -0.1) is 0 Å². The summed E-state index contributed by atoms with van der Waals surface area (Å²) in [6.45, 7) is 0.729. The van der Waals surface area contributed by atoms with E-state index < -0.39 is 0 Å². The van der Waals surface area contributed by atoms with Crippen LogP contribution in [0.15, 0.2) is 78.9 Å². The Balaban J connectivity index is 1.33. The highest BCUT2D eigenvalue weighted by molar-refractivity contribution is 5.95. The molecule has 0 heterocycles. The van der Waals surface area contributed by atoms with Gasteiger partial charge in [0.05, 0.1) is 0 Å². The van der Waals surface area contributed by atoms with E-state index in [0.29, 0.717) is 18.7 Å². The van der Waals surface area contributed by atoms with Crippen LogP contribution in [0.25, 0.3) is 0 Å². The van der Waals surface area contributed by atoms with Crippen molar-refractivity contribution in [1.29, 1.82) is 0 Å². The van der Waals surface area contributed by atoms with Gasteiger partial charge in [-0.05, 0) is 48.7 Å². The van der Waals surface area contributed by atoms with Crippen LogP contribution in [0.4, 0.5) is 5.69 Å². The van der Waals surface area contributed by atoms with E-state index in [-0.39, 0.29) is 17.7 Å². The Kier molecular flexibility index (Phi) is 6.09. The predicted octanol–water partition coefficient (Wildman–Crippen LogP) is 4.54. The lowest BCUT2D eigenvalue weighted by Crippen LogP contribution is -2.24. The van der Waals surface area contributed by atoms with E-state index in [1.54, 1.807) is 6.07 Å². The molecule has 0 spiro atoms. The number of amides is 2. The number of carbonyl (C=O) groups excluding carboxylic acids is 2. The third-order valence-electron chi connectivity index (χ3n) is 5.02. The van der Waals surface area contributed by atoms with E-state index in [2.05, 4.69) is 10.6 Å². The van der Waals surface area contributed by atoms with Crippen molar-refractivity contribution in [3.05, 3.63) is 95.6 Å². The summed E-state index contributed by atoms with van der Waals surface area (Å²) < 4.78 is 5.80. The molecular weight excluding hydrogens is 376 g/mol. The lowest BCUT2D eigenvalue weighted by atomic mass is 10.1. The van der Waals surface area contributed by atoms with E-state index >= 15 is 0 Å². The summed E-state index contributed by atoms with van der Waals surface area (Å²) in [5, 5.41) is 5.88. The Labute approximate surface area is 176 Å². The van der Waals surface area contributed by atoms with Crippen molar-refractivity contribution in [1.82, 2.24) is 5.32 Å². The zero-order valence-corrected chi connectivity index (χ0v) is 16.6. The van der Waals surface area contributed by atoms with Crippen molar-refractivity contribution in [2.45, 2.75) is 26.0 Å². The molecule has 1 aliphatic carbocycles. The largest absolute Gasteiger partial charge is 0.489 e. The number of carbonyl (C=O) groups is 2. The molecule has 5 nitrogen and oxygen atoms in total. The van der Waals surface area contributed by atoms with Gasteiger partial charge in [0.15, 0.2) is 0 Å². The molecule has 0 radical (unpaired) electrons. The maximum atomic E-state index is 12.7. The smallest absolute Gasteiger partial charge is 0.251 e. The summed E-state index contributed by atoms with van der Waals surface area (Å²) in [7, 11) is 0. The number of para-hydroxylation sites is 1. The fraction of sp³-hybridized carbons (Fsp3) is 0.200. The Morgan fingerprint density at radius 1 is 0.867 bits per heavy atom. The number of rotatable bonds is 8. The number of ether oxygens (including phenoxy) is 1. The van der Waals surface area contributed by atoms with Crippen LogP contribution in [0.5, 0.6) is 5.75 Å². The van der Waals surface area contributed by atoms with Crippen molar-refractivity contribution < 1.29 is 14.3 Å². The van der Waals surface area contributed by atoms with E-state index in [1.165, 1.54) is 0 Å². The molecule has 0 atom stereocenters. The van der Waals surface area contributed by atoms with Gasteiger partial charge in [0.1, 0.15) is 12.4 Å². The molecule has 1 saturated carbocycles. The first kappa shape index (κ1) is 19.7. The molecule has 152 valence electrons. The van der Waals surface area contributed by atoms with Crippen LogP contribution in [0.2, 0.25) is 0 Å². The van der Waals surface area contributed by atoms with Gasteiger partial charge in [-0.25, -0.2) is 0 Å². The van der Waals surface area contributed by atoms with Gasteiger partial charge >= 0.3 is 0 Å². The van der Waals surface area contributed by atoms with Crippen molar-refractivity contribution >= 4 is 17.5 Å². The van der Waals surface area contributed by atoms with Crippen LogP contribution < -0.4 is 15.4 Å². The Morgan fingerprint density at radius 2 is 1.57 bits per heavy atom. The quantitative estimate of drug-likeness (QED) is 0.583. The van der Waals surface area contributed by atoms with Crippen LogP contribution in [-0.4, -0.2) is 11.8 Å². The number of nitrogens with one attached hydrogen (secondary N) is 2. The molecule has 0 unspecified atom stereocenters. The minimum Gasteiger partial charge on any atom is -0.489 e.